The van der Waals surface area contributed by atoms with Gasteiger partial charge in [0, 0.05) is 23.7 Å². The van der Waals surface area contributed by atoms with Crippen molar-refractivity contribution in [2.45, 2.75) is 45.2 Å². The van der Waals surface area contributed by atoms with E-state index in [0.29, 0.717) is 6.04 Å². The van der Waals surface area contributed by atoms with Crippen molar-refractivity contribution in [1.82, 2.24) is 10.3 Å². The van der Waals surface area contributed by atoms with Crippen LogP contribution >= 0.6 is 11.3 Å². The summed E-state index contributed by atoms with van der Waals surface area (Å²) in [5.74, 6) is 0.190. The van der Waals surface area contributed by atoms with E-state index >= 15 is 0 Å². The molecule has 86 valence electrons. The summed E-state index contributed by atoms with van der Waals surface area (Å²) < 4.78 is 0. The van der Waals surface area contributed by atoms with Crippen LogP contribution in [-0.4, -0.2) is 11.0 Å². The first-order valence-electron chi connectivity index (χ1n) is 5.83. The topological polar surface area (TPSA) is 48.7 Å². The summed E-state index contributed by atoms with van der Waals surface area (Å²) in [6.45, 7) is 2.82. The van der Waals surface area contributed by atoms with Gasteiger partial charge in [0.1, 0.15) is 5.01 Å². The van der Waals surface area contributed by atoms with Crippen LogP contribution in [0.1, 0.15) is 36.4 Å². The molecule has 2 atom stereocenters. The van der Waals surface area contributed by atoms with Gasteiger partial charge >= 0.3 is 0 Å². The Labute approximate surface area is 101 Å². The Bertz CT molecular complexity index is 380. The average molecular weight is 235 g/mol. The van der Waals surface area contributed by atoms with Gasteiger partial charge in [-0.25, -0.2) is 4.98 Å². The van der Waals surface area contributed by atoms with Crippen molar-refractivity contribution in [3.05, 3.63) is 16.1 Å². The Morgan fingerprint density at radius 3 is 3.06 bits per heavy atom. The number of hydrogen-bond donors (Lipinski definition) is 1. The summed E-state index contributed by atoms with van der Waals surface area (Å²) in [5, 5.41) is 15.7. The summed E-state index contributed by atoms with van der Waals surface area (Å²) in [7, 11) is 0. The van der Waals surface area contributed by atoms with Crippen molar-refractivity contribution in [2.75, 3.05) is 0 Å². The highest BCUT2D eigenvalue weighted by atomic mass is 32.1. The van der Waals surface area contributed by atoms with Crippen LogP contribution in [-0.2, 0) is 6.54 Å². The van der Waals surface area contributed by atoms with Crippen LogP contribution in [0.4, 0.5) is 0 Å². The predicted molar refractivity (Wildman–Crippen MR) is 65.0 cm³/mol. The SMILES string of the molecule is Cc1csc(CNC2CCCCC2C#N)n1. The monoisotopic (exact) mass is 235 g/mol. The first kappa shape index (κ1) is 11.6. The van der Waals surface area contributed by atoms with Crippen LogP contribution in [0.3, 0.4) is 0 Å². The number of thiazole rings is 1. The molecule has 4 heteroatoms. The fraction of sp³-hybridized carbons (Fsp3) is 0.667. The lowest BCUT2D eigenvalue weighted by molar-refractivity contribution is 0.311. The van der Waals surface area contributed by atoms with E-state index in [1.807, 2.05) is 6.92 Å². The van der Waals surface area contributed by atoms with Gasteiger partial charge in [-0.1, -0.05) is 12.8 Å². The van der Waals surface area contributed by atoms with Crippen LogP contribution < -0.4 is 5.32 Å². The number of nitrogens with zero attached hydrogens (tertiary/aromatic N) is 2. The standard InChI is InChI=1S/C12H17N3S/c1-9-8-16-12(15-9)7-14-11-5-3-2-4-10(11)6-13/h8,10-11,14H,2-5,7H2,1H3. The molecule has 1 heterocycles. The summed E-state index contributed by atoms with van der Waals surface area (Å²) in [5.41, 5.74) is 1.09. The van der Waals surface area contributed by atoms with Crippen molar-refractivity contribution in [3.63, 3.8) is 0 Å². The zero-order valence-corrected chi connectivity index (χ0v) is 10.4. The van der Waals surface area contributed by atoms with Gasteiger partial charge in [0.05, 0.1) is 12.0 Å². The molecule has 1 N–H and O–H groups in total. The molecule has 0 aromatic carbocycles. The number of hydrogen-bond acceptors (Lipinski definition) is 4. The molecule has 0 aliphatic heterocycles. The molecule has 1 aromatic rings. The van der Waals surface area contributed by atoms with E-state index in [-0.39, 0.29) is 5.92 Å². The number of nitriles is 1. The molecule has 3 nitrogen and oxygen atoms in total. The Kier molecular flexibility index (Phi) is 3.92. The molecule has 1 aliphatic carbocycles. The quantitative estimate of drug-likeness (QED) is 0.876. The normalized spacial score (nSPS) is 25.2. The second-order valence-electron chi connectivity index (χ2n) is 4.39. The molecular weight excluding hydrogens is 218 g/mol. The van der Waals surface area contributed by atoms with Crippen molar-refractivity contribution in [1.29, 1.82) is 5.26 Å². The summed E-state index contributed by atoms with van der Waals surface area (Å²) in [6.07, 6.45) is 4.62. The largest absolute Gasteiger partial charge is 0.306 e. The van der Waals surface area contributed by atoms with Gasteiger partial charge < -0.3 is 5.32 Å². The minimum absolute atomic E-state index is 0.190. The maximum atomic E-state index is 9.06. The lowest BCUT2D eigenvalue weighted by Gasteiger charge is -2.27. The highest BCUT2D eigenvalue weighted by Crippen LogP contribution is 2.24. The molecule has 1 aliphatic rings. The Balaban J connectivity index is 1.87. The second-order valence-corrected chi connectivity index (χ2v) is 5.33. The van der Waals surface area contributed by atoms with E-state index in [1.165, 1.54) is 12.8 Å². The predicted octanol–water partition coefficient (Wildman–Crippen LogP) is 2.62. The molecule has 1 aromatic heterocycles. The minimum atomic E-state index is 0.190. The van der Waals surface area contributed by atoms with E-state index in [1.54, 1.807) is 11.3 Å². The molecule has 16 heavy (non-hydrogen) atoms. The van der Waals surface area contributed by atoms with Gasteiger partial charge in [-0.15, -0.1) is 11.3 Å². The molecule has 0 radical (unpaired) electrons. The zero-order chi connectivity index (χ0) is 11.4. The van der Waals surface area contributed by atoms with Gasteiger partial charge in [-0.2, -0.15) is 5.26 Å². The number of aryl methyl sites for hydroxylation is 1. The van der Waals surface area contributed by atoms with E-state index in [2.05, 4.69) is 21.8 Å². The Hall–Kier alpha value is -0.920. The molecule has 2 rings (SSSR count). The summed E-state index contributed by atoms with van der Waals surface area (Å²) in [4.78, 5) is 4.42. The number of rotatable bonds is 3. The maximum absolute atomic E-state index is 9.06. The molecule has 0 amide bonds. The second kappa shape index (κ2) is 5.42. The fourth-order valence-electron chi connectivity index (χ4n) is 2.23. The zero-order valence-electron chi connectivity index (χ0n) is 9.57. The van der Waals surface area contributed by atoms with Gasteiger partial charge in [-0.05, 0) is 19.8 Å². The van der Waals surface area contributed by atoms with Crippen molar-refractivity contribution >= 4 is 11.3 Å². The first-order valence-corrected chi connectivity index (χ1v) is 6.71. The lowest BCUT2D eigenvalue weighted by atomic mass is 9.85. The Morgan fingerprint density at radius 1 is 1.56 bits per heavy atom. The van der Waals surface area contributed by atoms with Crippen molar-refractivity contribution < 1.29 is 0 Å². The van der Waals surface area contributed by atoms with Gasteiger partial charge in [0.15, 0.2) is 0 Å². The van der Waals surface area contributed by atoms with Gasteiger partial charge in [0.2, 0.25) is 0 Å². The third kappa shape index (κ3) is 2.81. The van der Waals surface area contributed by atoms with Crippen LogP contribution in [0.15, 0.2) is 5.38 Å². The van der Waals surface area contributed by atoms with E-state index in [4.69, 9.17) is 5.26 Å². The highest BCUT2D eigenvalue weighted by molar-refractivity contribution is 7.09. The smallest absolute Gasteiger partial charge is 0.107 e. The average Bonchev–Trinajstić information content (AvgIpc) is 2.73. The van der Waals surface area contributed by atoms with Crippen LogP contribution in [0.2, 0.25) is 0 Å². The van der Waals surface area contributed by atoms with Crippen molar-refractivity contribution in [2.24, 2.45) is 5.92 Å². The van der Waals surface area contributed by atoms with Crippen LogP contribution in [0.5, 0.6) is 0 Å². The van der Waals surface area contributed by atoms with Crippen molar-refractivity contribution in [3.8, 4) is 6.07 Å². The molecule has 2 unspecified atom stereocenters. The van der Waals surface area contributed by atoms with E-state index in [0.717, 1.165) is 30.1 Å². The molecule has 1 fully saturated rings. The number of nitrogens with one attached hydrogen (secondary N) is 1. The fourth-order valence-corrected chi connectivity index (χ4v) is 2.95. The van der Waals surface area contributed by atoms with Crippen LogP contribution in [0.25, 0.3) is 0 Å². The minimum Gasteiger partial charge on any atom is -0.306 e. The summed E-state index contributed by atoms with van der Waals surface area (Å²) in [6, 6.07) is 2.78. The molecule has 0 bridgehead atoms. The Morgan fingerprint density at radius 2 is 2.38 bits per heavy atom. The lowest BCUT2D eigenvalue weighted by Crippen LogP contribution is -2.37. The highest BCUT2D eigenvalue weighted by Gasteiger charge is 2.24. The molecule has 1 saturated carbocycles. The third-order valence-electron chi connectivity index (χ3n) is 3.11. The summed E-state index contributed by atoms with van der Waals surface area (Å²) >= 11 is 1.69. The van der Waals surface area contributed by atoms with Gasteiger partial charge in [0.25, 0.3) is 0 Å². The maximum Gasteiger partial charge on any atom is 0.107 e. The van der Waals surface area contributed by atoms with E-state index < -0.39 is 0 Å². The van der Waals surface area contributed by atoms with Gasteiger partial charge in [-0.3, -0.25) is 0 Å². The molecule has 0 saturated heterocycles. The van der Waals surface area contributed by atoms with Crippen LogP contribution in [0, 0.1) is 24.2 Å². The first-order chi connectivity index (χ1) is 7.79. The third-order valence-corrected chi connectivity index (χ3v) is 4.08. The number of aromatic nitrogens is 1. The molecule has 0 spiro atoms. The molecular formula is C12H17N3S. The van der Waals surface area contributed by atoms with E-state index in [9.17, 15) is 0 Å².